The van der Waals surface area contributed by atoms with Gasteiger partial charge in [-0.15, -0.1) is 0 Å². The second kappa shape index (κ2) is 8.19. The largest absolute Gasteiger partial charge is 0.354 e. The molecule has 4 nitrogen and oxygen atoms in total. The van der Waals surface area contributed by atoms with E-state index in [0.29, 0.717) is 16.7 Å². The summed E-state index contributed by atoms with van der Waals surface area (Å²) in [4.78, 5) is 13.1. The number of hydroxylamine groups is 2. The number of piperazine rings is 1. The van der Waals surface area contributed by atoms with Crippen LogP contribution in [0.3, 0.4) is 0 Å². The van der Waals surface area contributed by atoms with Crippen LogP contribution in [0, 0.1) is 29.3 Å². The molecule has 2 heterocycles. The van der Waals surface area contributed by atoms with Crippen LogP contribution < -0.4 is 4.90 Å². The minimum absolute atomic E-state index is 0.461. The standard InChI is InChI=1S/C25H40N3O/c1-6-29-28-16-14-27(15-17-28)23-9-7-8-22(26-23)19-10-11-20-21(18-19)25(4,5)13-12-24(20,2)3/h6-9,19-21H,10-18H2,1-5H3. The van der Waals surface area contributed by atoms with Crippen molar-refractivity contribution in [2.75, 3.05) is 31.1 Å². The third-order valence-electron chi connectivity index (χ3n) is 8.26. The minimum Gasteiger partial charge on any atom is -0.354 e. The molecule has 0 N–H and O–H groups in total. The SMILES string of the molecule is C[CH]ON1CCN(c2cccc(C3CCC4C(C3)C(C)(C)CCC4(C)C)n2)CC1. The number of fused-ring (bicyclic) bond motifs is 1. The molecule has 1 aromatic rings. The van der Waals surface area contributed by atoms with E-state index in [1.54, 1.807) is 6.61 Å². The van der Waals surface area contributed by atoms with Crippen LogP contribution in [0.15, 0.2) is 18.2 Å². The van der Waals surface area contributed by atoms with E-state index < -0.39 is 0 Å². The van der Waals surface area contributed by atoms with Crippen LogP contribution in [0.25, 0.3) is 0 Å². The topological polar surface area (TPSA) is 28.6 Å². The monoisotopic (exact) mass is 398 g/mol. The van der Waals surface area contributed by atoms with Gasteiger partial charge in [0, 0.05) is 37.8 Å². The molecular formula is C25H40N3O. The molecule has 0 spiro atoms. The number of rotatable bonds is 4. The first-order chi connectivity index (χ1) is 13.8. The van der Waals surface area contributed by atoms with Gasteiger partial charge >= 0.3 is 0 Å². The Morgan fingerprint density at radius 2 is 1.66 bits per heavy atom. The highest BCUT2D eigenvalue weighted by Crippen LogP contribution is 2.59. The summed E-state index contributed by atoms with van der Waals surface area (Å²) < 4.78 is 0. The van der Waals surface area contributed by atoms with Crippen molar-refractivity contribution in [2.24, 2.45) is 22.7 Å². The van der Waals surface area contributed by atoms with Gasteiger partial charge in [0.05, 0.1) is 0 Å². The van der Waals surface area contributed by atoms with E-state index in [1.807, 2.05) is 12.0 Å². The Morgan fingerprint density at radius 1 is 0.966 bits per heavy atom. The van der Waals surface area contributed by atoms with Gasteiger partial charge in [-0.25, -0.2) is 4.98 Å². The molecule has 1 radical (unpaired) electrons. The summed E-state index contributed by atoms with van der Waals surface area (Å²) in [5.41, 5.74) is 2.28. The molecule has 2 aliphatic carbocycles. The maximum Gasteiger partial charge on any atom is 0.128 e. The van der Waals surface area contributed by atoms with Crippen molar-refractivity contribution >= 4 is 5.82 Å². The first kappa shape index (κ1) is 21.1. The van der Waals surface area contributed by atoms with E-state index in [4.69, 9.17) is 9.82 Å². The van der Waals surface area contributed by atoms with Crippen LogP contribution in [-0.4, -0.2) is 36.2 Å². The van der Waals surface area contributed by atoms with Crippen LogP contribution in [0.2, 0.25) is 0 Å². The molecule has 1 aromatic heterocycles. The number of anilines is 1. The van der Waals surface area contributed by atoms with Gasteiger partial charge in [-0.05, 0) is 73.8 Å². The average Bonchev–Trinajstić information content (AvgIpc) is 2.72. The summed E-state index contributed by atoms with van der Waals surface area (Å²) in [6, 6.07) is 6.69. The van der Waals surface area contributed by atoms with E-state index in [0.717, 1.165) is 43.8 Å². The molecule has 3 unspecified atom stereocenters. The molecule has 29 heavy (non-hydrogen) atoms. The van der Waals surface area contributed by atoms with Crippen molar-refractivity contribution in [1.29, 1.82) is 0 Å². The lowest BCUT2D eigenvalue weighted by atomic mass is 9.49. The second-order valence-corrected chi connectivity index (χ2v) is 10.9. The van der Waals surface area contributed by atoms with Crippen molar-refractivity contribution in [1.82, 2.24) is 10.0 Å². The van der Waals surface area contributed by atoms with Gasteiger partial charge in [0.25, 0.3) is 0 Å². The van der Waals surface area contributed by atoms with Gasteiger partial charge in [-0.2, -0.15) is 5.06 Å². The lowest BCUT2D eigenvalue weighted by Gasteiger charge is -2.56. The first-order valence-corrected chi connectivity index (χ1v) is 11.7. The fraction of sp³-hybridized carbons (Fsp3) is 0.760. The van der Waals surface area contributed by atoms with E-state index >= 15 is 0 Å². The lowest BCUT2D eigenvalue weighted by molar-refractivity contribution is -0.127. The maximum atomic E-state index is 5.53. The fourth-order valence-corrected chi connectivity index (χ4v) is 6.27. The summed E-state index contributed by atoms with van der Waals surface area (Å²) in [5, 5.41) is 2.04. The molecule has 0 aromatic carbocycles. The van der Waals surface area contributed by atoms with Gasteiger partial charge in [0.15, 0.2) is 0 Å². The Balaban J connectivity index is 1.47. The summed E-state index contributed by atoms with van der Waals surface area (Å²) in [5.74, 6) is 3.45. The van der Waals surface area contributed by atoms with Crippen molar-refractivity contribution in [3.05, 3.63) is 30.5 Å². The van der Waals surface area contributed by atoms with Crippen molar-refractivity contribution in [2.45, 2.75) is 72.6 Å². The highest BCUT2D eigenvalue weighted by Gasteiger charge is 2.50. The molecule has 2 saturated carbocycles. The zero-order valence-corrected chi connectivity index (χ0v) is 19.2. The van der Waals surface area contributed by atoms with E-state index in [2.05, 4.69) is 50.8 Å². The summed E-state index contributed by atoms with van der Waals surface area (Å²) >= 11 is 0. The molecule has 4 rings (SSSR count). The van der Waals surface area contributed by atoms with Crippen LogP contribution in [0.4, 0.5) is 5.82 Å². The predicted molar refractivity (Wildman–Crippen MR) is 119 cm³/mol. The Bertz CT molecular complexity index is 693. The van der Waals surface area contributed by atoms with Crippen LogP contribution in [0.5, 0.6) is 0 Å². The number of nitrogens with zero attached hydrogens (tertiary/aromatic N) is 3. The quantitative estimate of drug-likeness (QED) is 0.654. The van der Waals surface area contributed by atoms with Gasteiger partial charge in [-0.1, -0.05) is 33.8 Å². The molecule has 3 atom stereocenters. The molecular weight excluding hydrogens is 358 g/mol. The molecule has 1 saturated heterocycles. The third kappa shape index (κ3) is 4.34. The molecule has 0 bridgehead atoms. The maximum absolute atomic E-state index is 5.53. The lowest BCUT2D eigenvalue weighted by Crippen LogP contribution is -2.47. The highest BCUT2D eigenvalue weighted by molar-refractivity contribution is 5.40. The number of hydrogen-bond acceptors (Lipinski definition) is 4. The molecule has 3 fully saturated rings. The van der Waals surface area contributed by atoms with Gasteiger partial charge in [0.2, 0.25) is 0 Å². The Hall–Kier alpha value is -1.13. The Labute approximate surface area is 178 Å². The van der Waals surface area contributed by atoms with E-state index in [1.165, 1.54) is 37.8 Å². The first-order valence-electron chi connectivity index (χ1n) is 11.7. The summed E-state index contributed by atoms with van der Waals surface area (Å²) in [6.45, 7) is 17.5. The summed E-state index contributed by atoms with van der Waals surface area (Å²) in [7, 11) is 0. The molecule has 1 aliphatic heterocycles. The predicted octanol–water partition coefficient (Wildman–Crippen LogP) is 5.66. The second-order valence-electron chi connectivity index (χ2n) is 10.9. The third-order valence-corrected chi connectivity index (χ3v) is 8.26. The van der Waals surface area contributed by atoms with Crippen molar-refractivity contribution in [3.63, 3.8) is 0 Å². The van der Waals surface area contributed by atoms with Crippen LogP contribution in [-0.2, 0) is 4.84 Å². The molecule has 0 amide bonds. The molecule has 161 valence electrons. The molecule has 3 aliphatic rings. The van der Waals surface area contributed by atoms with Gasteiger partial charge in [0.1, 0.15) is 12.4 Å². The number of hydrogen-bond donors (Lipinski definition) is 0. The highest BCUT2D eigenvalue weighted by atomic mass is 16.7. The smallest absolute Gasteiger partial charge is 0.128 e. The van der Waals surface area contributed by atoms with Crippen molar-refractivity contribution in [3.8, 4) is 0 Å². The fourth-order valence-electron chi connectivity index (χ4n) is 6.27. The average molecular weight is 399 g/mol. The van der Waals surface area contributed by atoms with E-state index in [9.17, 15) is 0 Å². The van der Waals surface area contributed by atoms with Gasteiger partial charge < -0.3 is 4.90 Å². The summed E-state index contributed by atoms with van der Waals surface area (Å²) in [6.07, 6.45) is 6.71. The van der Waals surface area contributed by atoms with E-state index in [-0.39, 0.29) is 0 Å². The molecule has 4 heteroatoms. The van der Waals surface area contributed by atoms with Gasteiger partial charge in [-0.3, -0.25) is 4.84 Å². The van der Waals surface area contributed by atoms with Crippen LogP contribution >= 0.6 is 0 Å². The Kier molecular flexibility index (Phi) is 5.96. The Morgan fingerprint density at radius 3 is 2.34 bits per heavy atom. The van der Waals surface area contributed by atoms with Crippen molar-refractivity contribution < 1.29 is 4.84 Å². The zero-order chi connectivity index (χ0) is 20.6. The normalized spacial score (nSPS) is 32.0. The number of aromatic nitrogens is 1. The van der Waals surface area contributed by atoms with Crippen LogP contribution in [0.1, 0.15) is 78.3 Å². The zero-order valence-electron chi connectivity index (χ0n) is 19.2. The minimum atomic E-state index is 0.461. The number of pyridine rings is 1.